The van der Waals surface area contributed by atoms with Crippen LogP contribution < -0.4 is 4.72 Å². The Balaban J connectivity index is 2.73. The smallest absolute Gasteiger partial charge is 0.306 e. The highest BCUT2D eigenvalue weighted by Crippen LogP contribution is 2.32. The van der Waals surface area contributed by atoms with Crippen molar-refractivity contribution in [3.63, 3.8) is 0 Å². The third-order valence-electron chi connectivity index (χ3n) is 2.76. The highest BCUT2D eigenvalue weighted by atomic mass is 79.9. The Morgan fingerprint density at radius 2 is 1.90 bits per heavy atom. The van der Waals surface area contributed by atoms with Gasteiger partial charge in [-0.05, 0) is 25.0 Å². The van der Waals surface area contributed by atoms with Crippen molar-refractivity contribution in [2.45, 2.75) is 24.7 Å². The minimum Gasteiger partial charge on any atom is -0.481 e. The number of benzene rings is 1. The van der Waals surface area contributed by atoms with Crippen molar-refractivity contribution in [1.82, 2.24) is 4.72 Å². The molecule has 118 valence electrons. The van der Waals surface area contributed by atoms with Crippen molar-refractivity contribution in [2.75, 3.05) is 6.54 Å². The minimum atomic E-state index is -3.84. The highest BCUT2D eigenvalue weighted by Gasteiger charge is 2.22. The molecule has 1 atom stereocenters. The molecule has 0 aromatic heterocycles. The van der Waals surface area contributed by atoms with Crippen molar-refractivity contribution in [2.24, 2.45) is 5.92 Å². The molecule has 0 heterocycles. The molecule has 0 radical (unpaired) electrons. The lowest BCUT2D eigenvalue weighted by molar-refractivity contribution is -0.141. The molecule has 21 heavy (non-hydrogen) atoms. The fraction of sp³-hybridized carbons (Fsp3) is 0.417. The van der Waals surface area contributed by atoms with Crippen LogP contribution in [0.3, 0.4) is 0 Å². The lowest BCUT2D eigenvalue weighted by atomic mass is 10.1. The molecule has 0 saturated carbocycles. The standard InChI is InChI=1S/C12H14BrCl2NO4S/c1-7(12(17)18)3-2-4-16-21(19,20)11-9(14)5-8(13)6-10(11)15/h5-7,16H,2-4H2,1H3,(H,17,18). The number of hydrogen-bond acceptors (Lipinski definition) is 3. The first-order valence-corrected chi connectivity index (χ1v) is 9.05. The van der Waals surface area contributed by atoms with Crippen LogP contribution in [0.1, 0.15) is 19.8 Å². The van der Waals surface area contributed by atoms with E-state index in [1.165, 1.54) is 12.1 Å². The number of sulfonamides is 1. The molecule has 1 aromatic carbocycles. The maximum Gasteiger partial charge on any atom is 0.306 e. The van der Waals surface area contributed by atoms with Gasteiger partial charge in [0.2, 0.25) is 10.0 Å². The summed E-state index contributed by atoms with van der Waals surface area (Å²) >= 11 is 15.0. The van der Waals surface area contributed by atoms with Crippen LogP contribution in [0.4, 0.5) is 0 Å². The van der Waals surface area contributed by atoms with E-state index in [1.54, 1.807) is 6.92 Å². The van der Waals surface area contributed by atoms with Crippen LogP contribution in [0.2, 0.25) is 10.0 Å². The maximum absolute atomic E-state index is 12.2. The van der Waals surface area contributed by atoms with E-state index in [9.17, 15) is 13.2 Å². The molecule has 0 amide bonds. The van der Waals surface area contributed by atoms with Crippen LogP contribution in [0, 0.1) is 5.92 Å². The zero-order valence-corrected chi connectivity index (χ0v) is 15.0. The summed E-state index contributed by atoms with van der Waals surface area (Å²) in [7, 11) is -3.84. The van der Waals surface area contributed by atoms with Crippen molar-refractivity contribution in [3.8, 4) is 0 Å². The Hall–Kier alpha value is -0.340. The molecule has 0 aliphatic carbocycles. The maximum atomic E-state index is 12.2. The van der Waals surface area contributed by atoms with Crippen LogP contribution in [0.25, 0.3) is 0 Å². The second-order valence-electron chi connectivity index (χ2n) is 4.48. The van der Waals surface area contributed by atoms with Crippen molar-refractivity contribution < 1.29 is 18.3 Å². The molecule has 0 saturated heterocycles. The number of carboxylic acids is 1. The topological polar surface area (TPSA) is 83.5 Å². The summed E-state index contributed by atoms with van der Waals surface area (Å²) in [6, 6.07) is 2.88. The lowest BCUT2D eigenvalue weighted by Gasteiger charge is -2.11. The third kappa shape index (κ3) is 5.41. The Morgan fingerprint density at radius 3 is 2.38 bits per heavy atom. The molecule has 0 bridgehead atoms. The normalized spacial score (nSPS) is 13.1. The van der Waals surface area contributed by atoms with Crippen molar-refractivity contribution in [1.29, 1.82) is 0 Å². The van der Waals surface area contributed by atoms with Gasteiger partial charge >= 0.3 is 5.97 Å². The first-order chi connectivity index (χ1) is 9.65. The summed E-state index contributed by atoms with van der Waals surface area (Å²) in [6.07, 6.45) is 0.776. The number of aliphatic carboxylic acids is 1. The summed E-state index contributed by atoms with van der Waals surface area (Å²) in [4.78, 5) is 10.5. The summed E-state index contributed by atoms with van der Waals surface area (Å²) in [5.74, 6) is -1.42. The fourth-order valence-corrected chi connectivity index (χ4v) is 4.60. The van der Waals surface area contributed by atoms with Crippen LogP contribution >= 0.6 is 39.1 Å². The van der Waals surface area contributed by atoms with Gasteiger partial charge in [0.15, 0.2) is 0 Å². The van der Waals surface area contributed by atoms with Crippen LogP contribution in [0.15, 0.2) is 21.5 Å². The second-order valence-corrected chi connectivity index (χ2v) is 7.91. The van der Waals surface area contributed by atoms with E-state index >= 15 is 0 Å². The third-order valence-corrected chi connectivity index (χ3v) is 5.60. The molecule has 1 aromatic rings. The van der Waals surface area contributed by atoms with E-state index in [4.69, 9.17) is 28.3 Å². The Bertz CT molecular complexity index is 613. The highest BCUT2D eigenvalue weighted by molar-refractivity contribution is 9.10. The second kappa shape index (κ2) is 7.78. The number of halogens is 3. The first-order valence-electron chi connectivity index (χ1n) is 6.02. The predicted molar refractivity (Wildman–Crippen MR) is 85.4 cm³/mol. The summed E-state index contributed by atoms with van der Waals surface area (Å²) in [5, 5.41) is 8.77. The van der Waals surface area contributed by atoms with Gasteiger partial charge < -0.3 is 5.11 Å². The van der Waals surface area contributed by atoms with E-state index < -0.39 is 21.9 Å². The summed E-state index contributed by atoms with van der Waals surface area (Å²) < 4.78 is 27.2. The van der Waals surface area contributed by atoms with Crippen LogP contribution in [0.5, 0.6) is 0 Å². The molecule has 2 N–H and O–H groups in total. The van der Waals surface area contributed by atoms with Gasteiger partial charge in [0, 0.05) is 11.0 Å². The van der Waals surface area contributed by atoms with E-state index in [1.807, 2.05) is 0 Å². The Labute approximate surface area is 141 Å². The van der Waals surface area contributed by atoms with Gasteiger partial charge in [-0.25, -0.2) is 13.1 Å². The molecule has 0 spiro atoms. The lowest BCUT2D eigenvalue weighted by Crippen LogP contribution is -2.26. The van der Waals surface area contributed by atoms with Gasteiger partial charge in [-0.2, -0.15) is 0 Å². The minimum absolute atomic E-state index is 0.0146. The van der Waals surface area contributed by atoms with Gasteiger partial charge in [-0.15, -0.1) is 0 Å². The van der Waals surface area contributed by atoms with E-state index in [0.29, 0.717) is 17.3 Å². The van der Waals surface area contributed by atoms with Gasteiger partial charge in [0.05, 0.1) is 16.0 Å². The molecular weight excluding hydrogens is 405 g/mol. The summed E-state index contributed by atoms with van der Waals surface area (Å²) in [5.41, 5.74) is 0. The monoisotopic (exact) mass is 417 g/mol. The van der Waals surface area contributed by atoms with E-state index in [0.717, 1.165) is 0 Å². The molecule has 0 aliphatic rings. The fourth-order valence-electron chi connectivity index (χ4n) is 1.60. The molecule has 0 fully saturated rings. The summed E-state index contributed by atoms with van der Waals surface area (Å²) in [6.45, 7) is 1.68. The SMILES string of the molecule is CC(CCCNS(=O)(=O)c1c(Cl)cc(Br)cc1Cl)C(=O)O. The zero-order chi connectivity index (χ0) is 16.2. The van der Waals surface area contributed by atoms with Gasteiger partial charge in [-0.1, -0.05) is 46.1 Å². The van der Waals surface area contributed by atoms with E-state index in [-0.39, 0.29) is 21.5 Å². The molecule has 1 unspecified atom stereocenters. The average Bonchev–Trinajstić information content (AvgIpc) is 2.32. The van der Waals surface area contributed by atoms with Gasteiger partial charge in [0.1, 0.15) is 4.90 Å². The molecule has 1 rings (SSSR count). The van der Waals surface area contributed by atoms with Crippen LogP contribution in [-0.2, 0) is 14.8 Å². The van der Waals surface area contributed by atoms with E-state index in [2.05, 4.69) is 20.7 Å². The molecular formula is C12H14BrCl2NO4S. The van der Waals surface area contributed by atoms with Crippen molar-refractivity contribution in [3.05, 3.63) is 26.7 Å². The van der Waals surface area contributed by atoms with Crippen molar-refractivity contribution >= 4 is 55.1 Å². The predicted octanol–water partition coefficient (Wildman–Crippen LogP) is 3.54. The molecule has 0 aliphatic heterocycles. The molecule has 5 nitrogen and oxygen atoms in total. The number of rotatable bonds is 7. The quantitative estimate of drug-likeness (QED) is 0.663. The Kier molecular flexibility index (Phi) is 6.93. The Morgan fingerprint density at radius 1 is 1.38 bits per heavy atom. The number of nitrogens with one attached hydrogen (secondary N) is 1. The first kappa shape index (κ1) is 18.7. The largest absolute Gasteiger partial charge is 0.481 e. The number of carboxylic acid groups (broad SMARTS) is 1. The number of carbonyl (C=O) groups is 1. The van der Waals surface area contributed by atoms with Crippen LogP contribution in [-0.4, -0.2) is 26.0 Å². The molecule has 9 heteroatoms. The number of hydrogen-bond donors (Lipinski definition) is 2. The van der Waals surface area contributed by atoms with Gasteiger partial charge in [0.25, 0.3) is 0 Å². The van der Waals surface area contributed by atoms with Gasteiger partial charge in [-0.3, -0.25) is 4.79 Å². The zero-order valence-electron chi connectivity index (χ0n) is 11.1. The average molecular weight is 419 g/mol.